The molecule has 2 rings (SSSR count). The van der Waals surface area contributed by atoms with Crippen LogP contribution >= 0.6 is 0 Å². The molecule has 0 unspecified atom stereocenters. The molecule has 0 aliphatic rings. The summed E-state index contributed by atoms with van der Waals surface area (Å²) >= 11 is 0. The summed E-state index contributed by atoms with van der Waals surface area (Å²) < 4.78 is 0. The van der Waals surface area contributed by atoms with Gasteiger partial charge in [0.2, 0.25) is 0 Å². The van der Waals surface area contributed by atoms with Crippen LogP contribution in [0, 0.1) is 6.92 Å². The molecule has 104 valence electrons. The minimum Gasteiger partial charge on any atom is -0.385 e. The standard InChI is InChI=1S/C16H19N3O/c1-3-17-13-8-10-14(11-9-13)18-16(20)19-15-7-5-4-6-12(15)2/h4-11,17H,3H2,1-2H3,(H2,18,19,20). The van der Waals surface area contributed by atoms with E-state index in [0.717, 1.165) is 29.2 Å². The van der Waals surface area contributed by atoms with E-state index in [1.165, 1.54) is 0 Å². The highest BCUT2D eigenvalue weighted by molar-refractivity contribution is 6.00. The van der Waals surface area contributed by atoms with Crippen molar-refractivity contribution in [3.05, 3.63) is 54.1 Å². The number of carbonyl (C=O) groups excluding carboxylic acids is 1. The summed E-state index contributed by atoms with van der Waals surface area (Å²) in [5.41, 5.74) is 3.65. The maximum Gasteiger partial charge on any atom is 0.323 e. The number of hydrogen-bond donors (Lipinski definition) is 3. The molecule has 2 aromatic rings. The number of carbonyl (C=O) groups is 1. The van der Waals surface area contributed by atoms with Gasteiger partial charge < -0.3 is 16.0 Å². The van der Waals surface area contributed by atoms with E-state index in [9.17, 15) is 4.79 Å². The fourth-order valence-electron chi connectivity index (χ4n) is 1.87. The average Bonchev–Trinajstić information content (AvgIpc) is 2.44. The molecule has 0 aliphatic carbocycles. The Kier molecular flexibility index (Phi) is 4.60. The van der Waals surface area contributed by atoms with Crippen molar-refractivity contribution in [2.75, 3.05) is 22.5 Å². The van der Waals surface area contributed by atoms with E-state index in [0.29, 0.717) is 0 Å². The number of anilines is 3. The van der Waals surface area contributed by atoms with Crippen LogP contribution in [0.2, 0.25) is 0 Å². The monoisotopic (exact) mass is 269 g/mol. The van der Waals surface area contributed by atoms with Gasteiger partial charge in [-0.25, -0.2) is 4.79 Å². The molecule has 3 N–H and O–H groups in total. The molecular formula is C16H19N3O. The van der Waals surface area contributed by atoms with Crippen LogP contribution in [0.3, 0.4) is 0 Å². The lowest BCUT2D eigenvalue weighted by atomic mass is 10.2. The highest BCUT2D eigenvalue weighted by atomic mass is 16.2. The maximum absolute atomic E-state index is 11.9. The third kappa shape index (κ3) is 3.75. The van der Waals surface area contributed by atoms with Crippen molar-refractivity contribution in [2.24, 2.45) is 0 Å². The van der Waals surface area contributed by atoms with Crippen LogP contribution in [0.1, 0.15) is 12.5 Å². The fraction of sp³-hybridized carbons (Fsp3) is 0.188. The van der Waals surface area contributed by atoms with Crippen molar-refractivity contribution in [1.29, 1.82) is 0 Å². The van der Waals surface area contributed by atoms with Crippen molar-refractivity contribution >= 4 is 23.1 Å². The maximum atomic E-state index is 11.9. The zero-order chi connectivity index (χ0) is 14.4. The van der Waals surface area contributed by atoms with Crippen LogP contribution in [-0.4, -0.2) is 12.6 Å². The summed E-state index contributed by atoms with van der Waals surface area (Å²) in [4.78, 5) is 11.9. The number of urea groups is 1. The van der Waals surface area contributed by atoms with Gasteiger partial charge in [-0.15, -0.1) is 0 Å². The third-order valence-corrected chi connectivity index (χ3v) is 2.92. The molecule has 0 radical (unpaired) electrons. The molecule has 0 aromatic heterocycles. The van der Waals surface area contributed by atoms with Crippen LogP contribution in [0.25, 0.3) is 0 Å². The van der Waals surface area contributed by atoms with E-state index in [2.05, 4.69) is 16.0 Å². The first-order chi connectivity index (χ1) is 9.69. The molecule has 0 saturated heterocycles. The molecule has 4 nitrogen and oxygen atoms in total. The van der Waals surface area contributed by atoms with Gasteiger partial charge >= 0.3 is 6.03 Å². The van der Waals surface area contributed by atoms with Crippen molar-refractivity contribution in [2.45, 2.75) is 13.8 Å². The second kappa shape index (κ2) is 6.61. The van der Waals surface area contributed by atoms with Crippen molar-refractivity contribution in [1.82, 2.24) is 0 Å². The largest absolute Gasteiger partial charge is 0.385 e. The van der Waals surface area contributed by atoms with E-state index in [4.69, 9.17) is 0 Å². The number of benzene rings is 2. The van der Waals surface area contributed by atoms with Gasteiger partial charge in [-0.2, -0.15) is 0 Å². The predicted molar refractivity (Wildman–Crippen MR) is 84.4 cm³/mol. The Morgan fingerprint density at radius 1 is 0.950 bits per heavy atom. The second-order valence-electron chi connectivity index (χ2n) is 4.50. The molecular weight excluding hydrogens is 250 g/mol. The third-order valence-electron chi connectivity index (χ3n) is 2.92. The SMILES string of the molecule is CCNc1ccc(NC(=O)Nc2ccccc2C)cc1. The average molecular weight is 269 g/mol. The molecule has 0 atom stereocenters. The Morgan fingerprint density at radius 3 is 2.25 bits per heavy atom. The van der Waals surface area contributed by atoms with Crippen molar-refractivity contribution in [3.8, 4) is 0 Å². The summed E-state index contributed by atoms with van der Waals surface area (Å²) in [6.07, 6.45) is 0. The van der Waals surface area contributed by atoms with E-state index in [1.807, 2.05) is 62.4 Å². The Hall–Kier alpha value is -2.49. The molecule has 20 heavy (non-hydrogen) atoms. The van der Waals surface area contributed by atoms with Crippen LogP contribution in [0.15, 0.2) is 48.5 Å². The van der Waals surface area contributed by atoms with E-state index in [1.54, 1.807) is 0 Å². The fourth-order valence-corrected chi connectivity index (χ4v) is 1.87. The topological polar surface area (TPSA) is 53.2 Å². The van der Waals surface area contributed by atoms with Gasteiger partial charge in [0, 0.05) is 23.6 Å². The van der Waals surface area contributed by atoms with E-state index >= 15 is 0 Å². The smallest absolute Gasteiger partial charge is 0.323 e. The van der Waals surface area contributed by atoms with Gasteiger partial charge in [0.05, 0.1) is 0 Å². The Morgan fingerprint density at radius 2 is 1.60 bits per heavy atom. The molecule has 0 fully saturated rings. The molecule has 2 amide bonds. The van der Waals surface area contributed by atoms with Crippen LogP contribution in [-0.2, 0) is 0 Å². The lowest BCUT2D eigenvalue weighted by molar-refractivity contribution is 0.262. The summed E-state index contributed by atoms with van der Waals surface area (Å²) in [6.45, 7) is 4.88. The number of nitrogens with one attached hydrogen (secondary N) is 3. The number of para-hydroxylation sites is 1. The molecule has 4 heteroatoms. The van der Waals surface area contributed by atoms with Crippen LogP contribution in [0.5, 0.6) is 0 Å². The molecule has 0 heterocycles. The van der Waals surface area contributed by atoms with Gasteiger partial charge in [0.1, 0.15) is 0 Å². The predicted octanol–water partition coefficient (Wildman–Crippen LogP) is 4.07. The normalized spacial score (nSPS) is 9.90. The first-order valence-corrected chi connectivity index (χ1v) is 6.66. The Bertz CT molecular complexity index is 579. The van der Waals surface area contributed by atoms with Crippen molar-refractivity contribution in [3.63, 3.8) is 0 Å². The lowest BCUT2D eigenvalue weighted by Crippen LogP contribution is -2.19. The number of rotatable bonds is 4. The first kappa shape index (κ1) is 13.9. The summed E-state index contributed by atoms with van der Waals surface area (Å²) in [5, 5.41) is 8.85. The Balaban J connectivity index is 1.96. The van der Waals surface area contributed by atoms with Gasteiger partial charge in [-0.1, -0.05) is 18.2 Å². The minimum absolute atomic E-state index is 0.240. The molecule has 0 bridgehead atoms. The second-order valence-corrected chi connectivity index (χ2v) is 4.50. The number of amides is 2. The first-order valence-electron chi connectivity index (χ1n) is 6.66. The molecule has 2 aromatic carbocycles. The number of aryl methyl sites for hydroxylation is 1. The Labute approximate surface area is 119 Å². The number of hydrogen-bond acceptors (Lipinski definition) is 2. The molecule has 0 spiro atoms. The van der Waals surface area contributed by atoms with Crippen molar-refractivity contribution < 1.29 is 4.79 Å². The summed E-state index contributed by atoms with van der Waals surface area (Å²) in [7, 11) is 0. The zero-order valence-electron chi connectivity index (χ0n) is 11.7. The van der Waals surface area contributed by atoms with Gasteiger partial charge in [0.15, 0.2) is 0 Å². The molecule has 0 saturated carbocycles. The van der Waals surface area contributed by atoms with Crippen LogP contribution < -0.4 is 16.0 Å². The molecule has 0 aliphatic heterocycles. The summed E-state index contributed by atoms with van der Waals surface area (Å²) in [6, 6.07) is 15.1. The zero-order valence-corrected chi connectivity index (χ0v) is 11.7. The highest BCUT2D eigenvalue weighted by Gasteiger charge is 2.04. The van der Waals surface area contributed by atoms with Gasteiger partial charge in [0.25, 0.3) is 0 Å². The minimum atomic E-state index is -0.240. The quantitative estimate of drug-likeness (QED) is 0.783. The summed E-state index contributed by atoms with van der Waals surface area (Å²) in [5.74, 6) is 0. The van der Waals surface area contributed by atoms with Gasteiger partial charge in [-0.3, -0.25) is 0 Å². The lowest BCUT2D eigenvalue weighted by Gasteiger charge is -2.10. The van der Waals surface area contributed by atoms with E-state index in [-0.39, 0.29) is 6.03 Å². The van der Waals surface area contributed by atoms with Gasteiger partial charge in [-0.05, 0) is 49.7 Å². The van der Waals surface area contributed by atoms with Crippen LogP contribution in [0.4, 0.5) is 21.9 Å². The van der Waals surface area contributed by atoms with E-state index < -0.39 is 0 Å². The highest BCUT2D eigenvalue weighted by Crippen LogP contribution is 2.16.